The lowest BCUT2D eigenvalue weighted by molar-refractivity contribution is -0.138. The lowest BCUT2D eigenvalue weighted by atomic mass is 9.85. The molecule has 1 amide bonds. The Morgan fingerprint density at radius 1 is 1.15 bits per heavy atom. The largest absolute Gasteiger partial charge is 0.481 e. The Morgan fingerprint density at radius 3 is 2.19 bits per heavy atom. The minimum atomic E-state index is -3.55. The van der Waals surface area contributed by atoms with Crippen molar-refractivity contribution in [2.75, 3.05) is 13.1 Å². The molecule has 1 unspecified atom stereocenters. The first-order valence-corrected chi connectivity index (χ1v) is 10.6. The molecule has 1 aliphatic rings. The summed E-state index contributed by atoms with van der Waals surface area (Å²) in [6.07, 6.45) is 2.56. The Kier molecular flexibility index (Phi) is 6.64. The minimum Gasteiger partial charge on any atom is -0.481 e. The van der Waals surface area contributed by atoms with Crippen LogP contribution in [0, 0.1) is 5.92 Å². The molecule has 7 nitrogen and oxygen atoms in total. The van der Waals surface area contributed by atoms with Crippen LogP contribution in [-0.2, 0) is 14.8 Å². The van der Waals surface area contributed by atoms with Gasteiger partial charge in [0.2, 0.25) is 10.0 Å². The topological polar surface area (TPSA) is 104 Å². The van der Waals surface area contributed by atoms with Crippen molar-refractivity contribution >= 4 is 21.9 Å². The van der Waals surface area contributed by atoms with Gasteiger partial charge in [0.15, 0.2) is 0 Å². The molecule has 2 N–H and O–H groups in total. The van der Waals surface area contributed by atoms with Crippen LogP contribution >= 0.6 is 0 Å². The van der Waals surface area contributed by atoms with Crippen LogP contribution in [0.25, 0.3) is 0 Å². The summed E-state index contributed by atoms with van der Waals surface area (Å²) < 4.78 is 26.8. The van der Waals surface area contributed by atoms with Gasteiger partial charge in [0.1, 0.15) is 0 Å². The average molecular weight is 397 g/mol. The number of amides is 1. The zero-order valence-corrected chi connectivity index (χ0v) is 16.9. The maximum Gasteiger partial charge on any atom is 0.305 e. The first kappa shape index (κ1) is 21.4. The molecule has 8 heteroatoms. The van der Waals surface area contributed by atoms with Crippen molar-refractivity contribution in [1.29, 1.82) is 0 Å². The second-order valence-corrected chi connectivity index (χ2v) is 9.52. The second kappa shape index (κ2) is 8.39. The monoisotopic (exact) mass is 396 g/mol. The van der Waals surface area contributed by atoms with Crippen LogP contribution in [0.3, 0.4) is 0 Å². The Bertz CT molecular complexity index is 783. The molecule has 27 heavy (non-hydrogen) atoms. The molecule has 0 aromatic heterocycles. The normalized spacial score (nSPS) is 18.1. The molecule has 0 spiro atoms. The first-order chi connectivity index (χ1) is 12.6. The number of hydrogen-bond donors (Lipinski definition) is 2. The van der Waals surface area contributed by atoms with Crippen LogP contribution in [-0.4, -0.2) is 48.3 Å². The van der Waals surface area contributed by atoms with E-state index in [1.165, 1.54) is 28.6 Å². The number of aliphatic carboxylic acids is 1. The van der Waals surface area contributed by atoms with Gasteiger partial charge in [0, 0.05) is 18.7 Å². The van der Waals surface area contributed by atoms with E-state index in [9.17, 15) is 18.0 Å². The number of piperidine rings is 1. The third-order valence-corrected chi connectivity index (χ3v) is 7.17. The van der Waals surface area contributed by atoms with E-state index in [1.54, 1.807) is 6.92 Å². The molecule has 1 fully saturated rings. The predicted molar refractivity (Wildman–Crippen MR) is 102 cm³/mol. The quantitative estimate of drug-likeness (QED) is 0.737. The number of hydrogen-bond acceptors (Lipinski definition) is 4. The van der Waals surface area contributed by atoms with Gasteiger partial charge in [-0.3, -0.25) is 9.59 Å². The van der Waals surface area contributed by atoms with Crippen molar-refractivity contribution in [3.63, 3.8) is 0 Å². The van der Waals surface area contributed by atoms with Gasteiger partial charge in [0.25, 0.3) is 5.91 Å². The van der Waals surface area contributed by atoms with E-state index >= 15 is 0 Å². The number of nitrogens with zero attached hydrogens (tertiary/aromatic N) is 1. The molecule has 1 heterocycles. The van der Waals surface area contributed by atoms with Crippen molar-refractivity contribution in [1.82, 2.24) is 9.62 Å². The van der Waals surface area contributed by atoms with Crippen LogP contribution in [0.2, 0.25) is 0 Å². The van der Waals surface area contributed by atoms with E-state index in [2.05, 4.69) is 5.32 Å². The van der Waals surface area contributed by atoms with E-state index in [4.69, 9.17) is 5.11 Å². The van der Waals surface area contributed by atoms with Gasteiger partial charge in [-0.05, 0) is 49.9 Å². The number of carbonyl (C=O) groups excluding carboxylic acids is 1. The van der Waals surface area contributed by atoms with Gasteiger partial charge in [0.05, 0.1) is 16.9 Å². The minimum absolute atomic E-state index is 0.0868. The number of nitrogens with one attached hydrogen (secondary N) is 1. The second-order valence-electron chi connectivity index (χ2n) is 7.59. The molecule has 1 aromatic carbocycles. The average Bonchev–Trinajstić information content (AvgIpc) is 2.61. The van der Waals surface area contributed by atoms with Crippen LogP contribution in [0.5, 0.6) is 0 Å². The summed E-state index contributed by atoms with van der Waals surface area (Å²) in [5, 5.41) is 11.9. The lowest BCUT2D eigenvalue weighted by Gasteiger charge is -2.33. The zero-order valence-electron chi connectivity index (χ0n) is 16.1. The molecule has 0 saturated carbocycles. The molecule has 0 aliphatic carbocycles. The highest BCUT2D eigenvalue weighted by Crippen LogP contribution is 2.23. The lowest BCUT2D eigenvalue weighted by Crippen LogP contribution is -2.51. The summed E-state index contributed by atoms with van der Waals surface area (Å²) >= 11 is 0. The van der Waals surface area contributed by atoms with Crippen molar-refractivity contribution < 1.29 is 23.1 Å². The molecule has 1 atom stereocenters. The zero-order chi connectivity index (χ0) is 20.2. The van der Waals surface area contributed by atoms with Gasteiger partial charge in [-0.25, -0.2) is 8.42 Å². The maximum atomic E-state index is 12.7. The Hall–Kier alpha value is -1.93. The summed E-state index contributed by atoms with van der Waals surface area (Å²) in [6, 6.07) is 5.80. The van der Waals surface area contributed by atoms with Gasteiger partial charge < -0.3 is 10.4 Å². The van der Waals surface area contributed by atoms with E-state index in [1.807, 2.05) is 13.8 Å². The number of carboxylic acids is 1. The molecule has 2 rings (SSSR count). The molecule has 150 valence electrons. The Labute approximate surface area is 160 Å². The standard InChI is InChI=1S/C19H28N2O5S/c1-14(2)19(3,13-17(22)23)20-18(24)15-7-9-16(10-8-15)27(25,26)21-11-5-4-6-12-21/h7-10,14H,4-6,11-13H2,1-3H3,(H,20,24)(H,22,23). The van der Waals surface area contributed by atoms with Crippen molar-refractivity contribution in [2.45, 2.75) is 56.9 Å². The molecule has 1 saturated heterocycles. The third-order valence-electron chi connectivity index (χ3n) is 5.26. The van der Waals surface area contributed by atoms with E-state index in [0.717, 1.165) is 19.3 Å². The number of sulfonamides is 1. The first-order valence-electron chi connectivity index (χ1n) is 9.21. The highest BCUT2D eigenvalue weighted by Gasteiger charge is 2.33. The summed E-state index contributed by atoms with van der Waals surface area (Å²) in [7, 11) is -3.55. The molecular weight excluding hydrogens is 368 g/mol. The predicted octanol–water partition coefficient (Wildman–Crippen LogP) is 2.48. The molecule has 0 radical (unpaired) electrons. The number of rotatable bonds is 7. The van der Waals surface area contributed by atoms with E-state index < -0.39 is 27.4 Å². The van der Waals surface area contributed by atoms with Crippen LogP contribution in [0.1, 0.15) is 56.8 Å². The molecule has 0 bridgehead atoms. The van der Waals surface area contributed by atoms with Gasteiger partial charge in [-0.15, -0.1) is 0 Å². The van der Waals surface area contributed by atoms with Crippen molar-refractivity contribution in [3.05, 3.63) is 29.8 Å². The SMILES string of the molecule is CC(C)C(C)(CC(=O)O)NC(=O)c1ccc(S(=O)(=O)N2CCCCC2)cc1. The smallest absolute Gasteiger partial charge is 0.305 e. The number of benzene rings is 1. The fourth-order valence-electron chi connectivity index (χ4n) is 3.07. The van der Waals surface area contributed by atoms with E-state index in [0.29, 0.717) is 18.7 Å². The molecule has 1 aromatic rings. The van der Waals surface area contributed by atoms with Crippen molar-refractivity contribution in [3.8, 4) is 0 Å². The third kappa shape index (κ3) is 5.07. The van der Waals surface area contributed by atoms with Crippen LogP contribution in [0.15, 0.2) is 29.2 Å². The summed E-state index contributed by atoms with van der Waals surface area (Å²) in [4.78, 5) is 23.8. The number of carboxylic acid groups (broad SMARTS) is 1. The summed E-state index contributed by atoms with van der Waals surface area (Å²) in [6.45, 7) is 6.42. The fraction of sp³-hybridized carbons (Fsp3) is 0.579. The van der Waals surface area contributed by atoms with Crippen molar-refractivity contribution in [2.24, 2.45) is 5.92 Å². The Balaban J connectivity index is 2.16. The van der Waals surface area contributed by atoms with Crippen LogP contribution in [0.4, 0.5) is 0 Å². The fourth-order valence-corrected chi connectivity index (χ4v) is 4.59. The van der Waals surface area contributed by atoms with Gasteiger partial charge in [-0.1, -0.05) is 20.3 Å². The number of carbonyl (C=O) groups is 2. The summed E-state index contributed by atoms with van der Waals surface area (Å²) in [5.41, 5.74) is -0.605. The highest BCUT2D eigenvalue weighted by molar-refractivity contribution is 7.89. The van der Waals surface area contributed by atoms with E-state index in [-0.39, 0.29) is 17.2 Å². The molecular formula is C19H28N2O5S. The Morgan fingerprint density at radius 2 is 1.70 bits per heavy atom. The molecule has 1 aliphatic heterocycles. The van der Waals surface area contributed by atoms with Gasteiger partial charge >= 0.3 is 5.97 Å². The summed E-state index contributed by atoms with van der Waals surface area (Å²) in [5.74, 6) is -1.50. The highest BCUT2D eigenvalue weighted by atomic mass is 32.2. The van der Waals surface area contributed by atoms with Gasteiger partial charge in [-0.2, -0.15) is 4.31 Å². The maximum absolute atomic E-state index is 12.7. The van der Waals surface area contributed by atoms with Crippen LogP contribution < -0.4 is 5.32 Å².